The molecule has 3 aromatic carbocycles. The fourth-order valence-electron chi connectivity index (χ4n) is 3.82. The zero-order valence-electron chi connectivity index (χ0n) is 15.9. The number of pyridine rings is 1. The second-order valence-electron chi connectivity index (χ2n) is 6.90. The SMILES string of the molecule is COc1ccccc1N1C(=O)c2ccccc2N[C@H]1c1ccc2cccnc2c1. The summed E-state index contributed by atoms with van der Waals surface area (Å²) in [6.45, 7) is 0. The maximum atomic E-state index is 13.5. The number of anilines is 2. The molecule has 1 aliphatic heterocycles. The molecule has 0 spiro atoms. The number of carbonyl (C=O) groups is 1. The minimum atomic E-state index is -0.389. The lowest BCUT2D eigenvalue weighted by molar-refractivity contribution is 0.0974. The van der Waals surface area contributed by atoms with Gasteiger partial charge >= 0.3 is 0 Å². The molecule has 0 unspecified atom stereocenters. The van der Waals surface area contributed by atoms with Crippen LogP contribution in [0.4, 0.5) is 11.4 Å². The lowest BCUT2D eigenvalue weighted by Gasteiger charge is -2.38. The minimum Gasteiger partial charge on any atom is -0.495 e. The molecule has 2 heterocycles. The molecule has 5 rings (SSSR count). The van der Waals surface area contributed by atoms with Gasteiger partial charge in [-0.05, 0) is 42.0 Å². The Morgan fingerprint density at radius 1 is 0.966 bits per heavy atom. The number of carbonyl (C=O) groups excluding carboxylic acids is 1. The molecule has 29 heavy (non-hydrogen) atoms. The van der Waals surface area contributed by atoms with E-state index >= 15 is 0 Å². The summed E-state index contributed by atoms with van der Waals surface area (Å²) in [5.74, 6) is 0.570. The number of fused-ring (bicyclic) bond motifs is 2. The molecule has 5 heteroatoms. The highest BCUT2D eigenvalue weighted by atomic mass is 16.5. The molecular formula is C24H19N3O2. The normalized spacial score (nSPS) is 15.7. The van der Waals surface area contributed by atoms with E-state index in [1.165, 1.54) is 0 Å². The molecule has 1 N–H and O–H groups in total. The smallest absolute Gasteiger partial charge is 0.262 e. The Labute approximate surface area is 168 Å². The molecule has 1 amide bonds. The minimum absolute atomic E-state index is 0.0741. The zero-order valence-corrected chi connectivity index (χ0v) is 15.9. The van der Waals surface area contributed by atoms with Crippen molar-refractivity contribution < 1.29 is 9.53 Å². The van der Waals surface area contributed by atoms with E-state index in [2.05, 4.69) is 10.3 Å². The topological polar surface area (TPSA) is 54.5 Å². The number of hydrogen-bond acceptors (Lipinski definition) is 4. The molecule has 0 fully saturated rings. The number of para-hydroxylation sites is 3. The molecule has 4 aromatic rings. The number of nitrogens with zero attached hydrogens (tertiary/aromatic N) is 2. The predicted octanol–water partition coefficient (Wildman–Crippen LogP) is 5.01. The monoisotopic (exact) mass is 381 g/mol. The van der Waals surface area contributed by atoms with E-state index in [0.717, 1.165) is 22.2 Å². The Morgan fingerprint density at radius 2 is 1.79 bits per heavy atom. The van der Waals surface area contributed by atoms with E-state index in [4.69, 9.17) is 4.74 Å². The van der Waals surface area contributed by atoms with Crippen LogP contribution in [-0.2, 0) is 0 Å². The molecule has 0 aliphatic carbocycles. The van der Waals surface area contributed by atoms with E-state index in [1.807, 2.05) is 78.9 Å². The second-order valence-corrected chi connectivity index (χ2v) is 6.90. The van der Waals surface area contributed by atoms with Crippen LogP contribution < -0.4 is 15.0 Å². The summed E-state index contributed by atoms with van der Waals surface area (Å²) < 4.78 is 5.56. The van der Waals surface area contributed by atoms with Crippen molar-refractivity contribution in [2.75, 3.05) is 17.3 Å². The number of amides is 1. The zero-order chi connectivity index (χ0) is 19.8. The highest BCUT2D eigenvalue weighted by Crippen LogP contribution is 2.40. The fourth-order valence-corrected chi connectivity index (χ4v) is 3.82. The standard InChI is InChI=1S/C24H19N3O2/c1-29-22-11-5-4-10-21(22)27-23(26-19-9-3-2-8-18(19)24(27)28)17-13-12-16-7-6-14-25-20(16)15-17/h2-15,23,26H,1H3/t23-/m1/s1. The van der Waals surface area contributed by atoms with Gasteiger partial charge in [0, 0.05) is 17.3 Å². The molecule has 0 bridgehead atoms. The van der Waals surface area contributed by atoms with Crippen LogP contribution in [0.3, 0.4) is 0 Å². The number of methoxy groups -OCH3 is 1. The summed E-state index contributed by atoms with van der Waals surface area (Å²) in [5, 5.41) is 4.59. The third-order valence-electron chi connectivity index (χ3n) is 5.22. The van der Waals surface area contributed by atoms with Crippen molar-refractivity contribution in [2.24, 2.45) is 0 Å². The van der Waals surface area contributed by atoms with E-state index in [-0.39, 0.29) is 12.1 Å². The van der Waals surface area contributed by atoms with Crippen molar-refractivity contribution in [3.8, 4) is 5.75 Å². The molecular weight excluding hydrogens is 362 g/mol. The average Bonchev–Trinajstić information content (AvgIpc) is 2.79. The van der Waals surface area contributed by atoms with Crippen molar-refractivity contribution >= 4 is 28.2 Å². The van der Waals surface area contributed by atoms with Crippen LogP contribution in [0.2, 0.25) is 0 Å². The first-order chi connectivity index (χ1) is 14.3. The quantitative estimate of drug-likeness (QED) is 0.542. The van der Waals surface area contributed by atoms with E-state index in [1.54, 1.807) is 18.2 Å². The molecule has 142 valence electrons. The first kappa shape index (κ1) is 17.3. The van der Waals surface area contributed by atoms with Crippen molar-refractivity contribution in [3.05, 3.63) is 96.2 Å². The van der Waals surface area contributed by atoms with Gasteiger partial charge in [0.15, 0.2) is 0 Å². The van der Waals surface area contributed by atoms with E-state index in [0.29, 0.717) is 17.0 Å². The summed E-state index contributed by atoms with van der Waals surface area (Å²) in [6, 6.07) is 25.2. The summed E-state index contributed by atoms with van der Waals surface area (Å²) in [7, 11) is 1.61. The number of ether oxygens (including phenoxy) is 1. The van der Waals surface area contributed by atoms with Gasteiger partial charge in [0.2, 0.25) is 0 Å². The van der Waals surface area contributed by atoms with Gasteiger partial charge < -0.3 is 10.1 Å². The number of aromatic nitrogens is 1. The second kappa shape index (κ2) is 6.95. The van der Waals surface area contributed by atoms with Gasteiger partial charge in [0.25, 0.3) is 5.91 Å². The number of benzene rings is 3. The third kappa shape index (κ3) is 2.88. The molecule has 5 nitrogen and oxygen atoms in total. The van der Waals surface area contributed by atoms with E-state index < -0.39 is 0 Å². The summed E-state index contributed by atoms with van der Waals surface area (Å²) in [6.07, 6.45) is 1.39. The third-order valence-corrected chi connectivity index (χ3v) is 5.22. The summed E-state index contributed by atoms with van der Waals surface area (Å²) >= 11 is 0. The Bertz CT molecular complexity index is 1220. The Kier molecular flexibility index (Phi) is 4.13. The van der Waals surface area contributed by atoms with Gasteiger partial charge in [-0.1, -0.05) is 42.5 Å². The molecule has 0 saturated carbocycles. The van der Waals surface area contributed by atoms with Gasteiger partial charge in [-0.2, -0.15) is 0 Å². The summed E-state index contributed by atoms with van der Waals surface area (Å²) in [4.78, 5) is 19.8. The molecule has 1 aromatic heterocycles. The van der Waals surface area contributed by atoms with Crippen molar-refractivity contribution in [3.63, 3.8) is 0 Å². The maximum Gasteiger partial charge on any atom is 0.262 e. The number of nitrogens with one attached hydrogen (secondary N) is 1. The van der Waals surface area contributed by atoms with Crippen LogP contribution >= 0.6 is 0 Å². The molecule has 1 aliphatic rings. The number of hydrogen-bond donors (Lipinski definition) is 1. The van der Waals surface area contributed by atoms with Gasteiger partial charge in [-0.15, -0.1) is 0 Å². The van der Waals surface area contributed by atoms with Gasteiger partial charge in [-0.3, -0.25) is 14.7 Å². The maximum absolute atomic E-state index is 13.5. The van der Waals surface area contributed by atoms with Crippen molar-refractivity contribution in [1.29, 1.82) is 0 Å². The lowest BCUT2D eigenvalue weighted by atomic mass is 10.0. The van der Waals surface area contributed by atoms with Crippen LogP contribution in [0.1, 0.15) is 22.1 Å². The summed E-state index contributed by atoms with van der Waals surface area (Å²) in [5.41, 5.74) is 4.00. The van der Waals surface area contributed by atoms with Crippen LogP contribution in [0.25, 0.3) is 10.9 Å². The van der Waals surface area contributed by atoms with E-state index in [9.17, 15) is 4.79 Å². The highest BCUT2D eigenvalue weighted by molar-refractivity contribution is 6.12. The first-order valence-electron chi connectivity index (χ1n) is 9.43. The fraction of sp³-hybridized carbons (Fsp3) is 0.0833. The van der Waals surface area contributed by atoms with Crippen LogP contribution in [0, 0.1) is 0 Å². The Hall–Kier alpha value is -3.86. The van der Waals surface area contributed by atoms with Gasteiger partial charge in [0.05, 0.1) is 23.9 Å². The van der Waals surface area contributed by atoms with Crippen LogP contribution in [-0.4, -0.2) is 18.0 Å². The van der Waals surface area contributed by atoms with Crippen LogP contribution in [0.15, 0.2) is 85.1 Å². The molecule has 0 saturated heterocycles. The predicted molar refractivity (Wildman–Crippen MR) is 114 cm³/mol. The molecule has 1 atom stereocenters. The first-order valence-corrected chi connectivity index (χ1v) is 9.43. The van der Waals surface area contributed by atoms with Crippen molar-refractivity contribution in [1.82, 2.24) is 4.98 Å². The Balaban J connectivity index is 1.70. The number of rotatable bonds is 3. The lowest BCUT2D eigenvalue weighted by Crippen LogP contribution is -2.43. The highest BCUT2D eigenvalue weighted by Gasteiger charge is 2.35. The van der Waals surface area contributed by atoms with Gasteiger partial charge in [0.1, 0.15) is 11.9 Å². The van der Waals surface area contributed by atoms with Crippen molar-refractivity contribution in [2.45, 2.75) is 6.17 Å². The Morgan fingerprint density at radius 3 is 2.69 bits per heavy atom. The van der Waals surface area contributed by atoms with Crippen LogP contribution in [0.5, 0.6) is 5.75 Å². The molecule has 0 radical (unpaired) electrons. The largest absolute Gasteiger partial charge is 0.495 e. The van der Waals surface area contributed by atoms with Gasteiger partial charge in [-0.25, -0.2) is 0 Å². The average molecular weight is 381 g/mol.